The number of halogens is 2. The van der Waals surface area contributed by atoms with Gasteiger partial charge in [-0.25, -0.2) is 17.8 Å². The van der Waals surface area contributed by atoms with Gasteiger partial charge in [0.1, 0.15) is 16.5 Å². The topological polar surface area (TPSA) is 56.3 Å². The molecule has 0 aliphatic carbocycles. The van der Waals surface area contributed by atoms with Crippen molar-refractivity contribution in [2.24, 2.45) is 0 Å². The number of pyridine rings is 1. The van der Waals surface area contributed by atoms with Crippen LogP contribution in [-0.4, -0.2) is 19.7 Å². The van der Waals surface area contributed by atoms with Gasteiger partial charge in [0.15, 0.2) is 9.84 Å². The summed E-state index contributed by atoms with van der Waals surface area (Å²) in [5, 5.41) is 0. The fourth-order valence-electron chi connectivity index (χ4n) is 1.39. The Bertz CT molecular complexity index is 719. The molecule has 7 heteroatoms. The second-order valence-electron chi connectivity index (χ2n) is 3.76. The van der Waals surface area contributed by atoms with Gasteiger partial charge >= 0.3 is 0 Å². The second-order valence-corrected chi connectivity index (χ2v) is 6.59. The van der Waals surface area contributed by atoms with Gasteiger partial charge in [-0.3, -0.25) is 0 Å². The van der Waals surface area contributed by atoms with Gasteiger partial charge in [-0.05, 0) is 40.2 Å². The monoisotopic (exact) mass is 345 g/mol. The molecule has 4 nitrogen and oxygen atoms in total. The summed E-state index contributed by atoms with van der Waals surface area (Å²) in [7, 11) is -3.47. The van der Waals surface area contributed by atoms with E-state index in [2.05, 4.69) is 20.9 Å². The Balaban J connectivity index is 2.47. The molecule has 0 aliphatic heterocycles. The molecular weight excluding hydrogens is 337 g/mol. The summed E-state index contributed by atoms with van der Waals surface area (Å²) in [5.74, 6) is -0.421. The molecule has 0 N–H and O–H groups in total. The van der Waals surface area contributed by atoms with Crippen molar-refractivity contribution in [3.63, 3.8) is 0 Å². The molecule has 0 fully saturated rings. The van der Waals surface area contributed by atoms with E-state index < -0.39 is 15.7 Å². The van der Waals surface area contributed by atoms with Crippen LogP contribution in [0.5, 0.6) is 11.6 Å². The van der Waals surface area contributed by atoms with Crippen LogP contribution in [-0.2, 0) is 9.84 Å². The third kappa shape index (κ3) is 3.30. The average molecular weight is 346 g/mol. The predicted molar refractivity (Wildman–Crippen MR) is 71.5 cm³/mol. The SMILES string of the molecule is CS(=O)(=O)c1cccnc1Oc1cc(F)ccc1Br. The maximum atomic E-state index is 13.1. The lowest BCUT2D eigenvalue weighted by Gasteiger charge is -2.09. The molecule has 19 heavy (non-hydrogen) atoms. The molecule has 0 atom stereocenters. The molecule has 2 rings (SSSR count). The third-order valence-corrected chi connectivity index (χ3v) is 4.00. The normalized spacial score (nSPS) is 11.3. The largest absolute Gasteiger partial charge is 0.436 e. The third-order valence-electron chi connectivity index (χ3n) is 2.24. The van der Waals surface area contributed by atoms with Crippen LogP contribution in [0, 0.1) is 5.82 Å². The van der Waals surface area contributed by atoms with Crippen molar-refractivity contribution in [2.45, 2.75) is 4.90 Å². The molecule has 0 radical (unpaired) electrons. The van der Waals surface area contributed by atoms with E-state index in [0.29, 0.717) is 4.47 Å². The van der Waals surface area contributed by atoms with Crippen molar-refractivity contribution in [3.8, 4) is 11.6 Å². The molecule has 1 heterocycles. The van der Waals surface area contributed by atoms with E-state index in [-0.39, 0.29) is 16.5 Å². The fourth-order valence-corrected chi connectivity index (χ4v) is 2.46. The molecule has 0 amide bonds. The molecule has 0 bridgehead atoms. The highest BCUT2D eigenvalue weighted by Gasteiger charge is 2.17. The Kier molecular flexibility index (Phi) is 3.86. The van der Waals surface area contributed by atoms with E-state index in [4.69, 9.17) is 4.74 Å². The molecular formula is C12H9BrFNO3S. The van der Waals surface area contributed by atoms with E-state index in [1.807, 2.05) is 0 Å². The quantitative estimate of drug-likeness (QED) is 0.857. The fraction of sp³-hybridized carbons (Fsp3) is 0.0833. The minimum atomic E-state index is -3.47. The second kappa shape index (κ2) is 5.26. The standard InChI is InChI=1S/C12H9BrFNO3S/c1-19(16,17)11-3-2-6-15-12(11)18-10-7-8(14)4-5-9(10)13/h2-7H,1H3. The molecule has 0 saturated heterocycles. The molecule has 1 aromatic heterocycles. The minimum Gasteiger partial charge on any atom is -0.436 e. The van der Waals surface area contributed by atoms with Gasteiger partial charge in [-0.1, -0.05) is 0 Å². The van der Waals surface area contributed by atoms with E-state index in [0.717, 1.165) is 12.3 Å². The van der Waals surface area contributed by atoms with Gasteiger partial charge in [0.2, 0.25) is 5.88 Å². The van der Waals surface area contributed by atoms with Gasteiger partial charge in [-0.15, -0.1) is 0 Å². The summed E-state index contributed by atoms with van der Waals surface area (Å²) in [6.07, 6.45) is 2.45. The van der Waals surface area contributed by atoms with Crippen molar-refractivity contribution in [1.29, 1.82) is 0 Å². The van der Waals surface area contributed by atoms with Crippen LogP contribution in [0.2, 0.25) is 0 Å². The maximum Gasteiger partial charge on any atom is 0.238 e. The first-order chi connectivity index (χ1) is 8.88. The number of aromatic nitrogens is 1. The minimum absolute atomic E-state index is 0.0499. The van der Waals surface area contributed by atoms with E-state index >= 15 is 0 Å². The average Bonchev–Trinajstić information content (AvgIpc) is 2.33. The van der Waals surface area contributed by atoms with Crippen LogP contribution in [0.25, 0.3) is 0 Å². The van der Waals surface area contributed by atoms with Crippen molar-refractivity contribution in [1.82, 2.24) is 4.98 Å². The first kappa shape index (κ1) is 14.0. The Morgan fingerprint density at radius 2 is 2.05 bits per heavy atom. The van der Waals surface area contributed by atoms with Crippen LogP contribution in [0.15, 0.2) is 45.9 Å². The lowest BCUT2D eigenvalue weighted by atomic mass is 10.3. The van der Waals surface area contributed by atoms with E-state index in [1.54, 1.807) is 0 Å². The predicted octanol–water partition coefficient (Wildman–Crippen LogP) is 3.18. The van der Waals surface area contributed by atoms with Crippen LogP contribution >= 0.6 is 15.9 Å². The molecule has 2 aromatic rings. The Hall–Kier alpha value is -1.47. The Morgan fingerprint density at radius 3 is 2.74 bits per heavy atom. The number of hydrogen-bond acceptors (Lipinski definition) is 4. The first-order valence-electron chi connectivity index (χ1n) is 5.16. The van der Waals surface area contributed by atoms with Crippen LogP contribution < -0.4 is 4.74 Å². The van der Waals surface area contributed by atoms with Gasteiger partial charge in [0.05, 0.1) is 4.47 Å². The molecule has 0 spiro atoms. The molecule has 1 aromatic carbocycles. The van der Waals surface area contributed by atoms with E-state index in [9.17, 15) is 12.8 Å². The lowest BCUT2D eigenvalue weighted by Crippen LogP contribution is -2.02. The number of ether oxygens (including phenoxy) is 1. The van der Waals surface area contributed by atoms with Gasteiger partial charge in [0.25, 0.3) is 0 Å². The smallest absolute Gasteiger partial charge is 0.238 e. The highest BCUT2D eigenvalue weighted by Crippen LogP contribution is 2.32. The number of nitrogens with zero attached hydrogens (tertiary/aromatic N) is 1. The summed E-state index contributed by atoms with van der Waals surface area (Å²) in [4.78, 5) is 3.82. The number of benzene rings is 1. The summed E-state index contributed by atoms with van der Waals surface area (Å²) in [6.45, 7) is 0. The number of hydrogen-bond donors (Lipinski definition) is 0. The van der Waals surface area contributed by atoms with Crippen LogP contribution in [0.1, 0.15) is 0 Å². The van der Waals surface area contributed by atoms with Crippen molar-refractivity contribution < 1.29 is 17.5 Å². The summed E-state index contributed by atoms with van der Waals surface area (Å²) >= 11 is 3.19. The van der Waals surface area contributed by atoms with Gasteiger partial charge in [0, 0.05) is 18.5 Å². The highest BCUT2D eigenvalue weighted by atomic mass is 79.9. The maximum absolute atomic E-state index is 13.1. The molecule has 0 saturated carbocycles. The zero-order valence-corrected chi connectivity index (χ0v) is 12.2. The summed E-state index contributed by atoms with van der Waals surface area (Å²) < 4.78 is 42.2. The lowest BCUT2D eigenvalue weighted by molar-refractivity contribution is 0.440. The number of sulfone groups is 1. The summed E-state index contributed by atoms with van der Waals surface area (Å²) in [6, 6.07) is 6.74. The summed E-state index contributed by atoms with van der Waals surface area (Å²) in [5.41, 5.74) is 0. The van der Waals surface area contributed by atoms with Crippen LogP contribution in [0.3, 0.4) is 0 Å². The molecule has 0 unspecified atom stereocenters. The zero-order chi connectivity index (χ0) is 14.0. The number of rotatable bonds is 3. The first-order valence-corrected chi connectivity index (χ1v) is 7.84. The van der Waals surface area contributed by atoms with Crippen molar-refractivity contribution in [2.75, 3.05) is 6.26 Å². The Morgan fingerprint density at radius 1 is 1.32 bits per heavy atom. The van der Waals surface area contributed by atoms with Crippen molar-refractivity contribution in [3.05, 3.63) is 46.8 Å². The molecule has 100 valence electrons. The highest BCUT2D eigenvalue weighted by molar-refractivity contribution is 9.10. The van der Waals surface area contributed by atoms with Gasteiger partial charge in [-0.2, -0.15) is 0 Å². The van der Waals surface area contributed by atoms with Crippen molar-refractivity contribution >= 4 is 25.8 Å². The van der Waals surface area contributed by atoms with Gasteiger partial charge < -0.3 is 4.74 Å². The Labute approximate surface area is 118 Å². The zero-order valence-electron chi connectivity index (χ0n) is 9.80. The van der Waals surface area contributed by atoms with E-state index in [1.165, 1.54) is 30.5 Å². The van der Waals surface area contributed by atoms with Crippen LogP contribution in [0.4, 0.5) is 4.39 Å². The molecule has 0 aliphatic rings.